The van der Waals surface area contributed by atoms with Gasteiger partial charge in [-0.3, -0.25) is 23.7 Å². The molecular formula is C26H35FN3O10P. The van der Waals surface area contributed by atoms with Crippen molar-refractivity contribution in [1.29, 1.82) is 0 Å². The van der Waals surface area contributed by atoms with E-state index in [1.54, 1.807) is 37.3 Å². The maximum absolute atomic E-state index is 16.3. The first-order valence-electron chi connectivity index (χ1n) is 13.4. The second-order valence-electron chi connectivity index (χ2n) is 9.89. The summed E-state index contributed by atoms with van der Waals surface area (Å²) in [5, 5.41) is 2.82. The fraction of sp³-hybridized carbons (Fsp3) is 0.577. The summed E-state index contributed by atoms with van der Waals surface area (Å²) in [6.45, 7) is 4.68. The number of carbonyl (C=O) groups is 1. The summed E-state index contributed by atoms with van der Waals surface area (Å²) in [6, 6.07) is 8.65. The fourth-order valence-corrected chi connectivity index (χ4v) is 6.04. The number of alkyl halides is 1. The van der Waals surface area contributed by atoms with E-state index < -0.39 is 68.0 Å². The van der Waals surface area contributed by atoms with Crippen LogP contribution >= 0.6 is 7.75 Å². The molecule has 2 N–H and O–H groups in total. The van der Waals surface area contributed by atoms with Gasteiger partial charge in [-0.1, -0.05) is 25.1 Å². The molecule has 1 aromatic heterocycles. The van der Waals surface area contributed by atoms with E-state index in [0.29, 0.717) is 13.2 Å². The molecule has 226 valence electrons. The summed E-state index contributed by atoms with van der Waals surface area (Å²) >= 11 is 0. The van der Waals surface area contributed by atoms with Gasteiger partial charge in [0.25, 0.3) is 5.56 Å². The predicted molar refractivity (Wildman–Crippen MR) is 143 cm³/mol. The molecule has 13 nitrogen and oxygen atoms in total. The molecule has 0 spiro atoms. The lowest BCUT2D eigenvalue weighted by Crippen LogP contribution is -2.46. The molecule has 4 rings (SSSR count). The van der Waals surface area contributed by atoms with Gasteiger partial charge in [-0.15, -0.1) is 0 Å². The molecule has 6 atom stereocenters. The van der Waals surface area contributed by atoms with Gasteiger partial charge in [-0.2, -0.15) is 0 Å². The van der Waals surface area contributed by atoms with Crippen molar-refractivity contribution >= 4 is 13.7 Å². The van der Waals surface area contributed by atoms with E-state index in [-0.39, 0.29) is 12.2 Å². The highest BCUT2D eigenvalue weighted by molar-refractivity contribution is 7.52. The van der Waals surface area contributed by atoms with Gasteiger partial charge < -0.3 is 23.5 Å². The molecule has 2 aromatic rings. The average molecular weight is 600 g/mol. The molecule has 5 unspecified atom stereocenters. The van der Waals surface area contributed by atoms with Gasteiger partial charge in [0.1, 0.15) is 11.9 Å². The first-order chi connectivity index (χ1) is 19.5. The van der Waals surface area contributed by atoms with Crippen LogP contribution in [0.25, 0.3) is 0 Å². The Balaban J connectivity index is 1.59. The van der Waals surface area contributed by atoms with Crippen LogP contribution in [0.1, 0.15) is 46.3 Å². The van der Waals surface area contributed by atoms with Crippen molar-refractivity contribution < 1.29 is 41.7 Å². The van der Waals surface area contributed by atoms with E-state index in [1.165, 1.54) is 6.92 Å². The van der Waals surface area contributed by atoms with Crippen LogP contribution in [-0.2, 0) is 32.8 Å². The standard InChI is InChI=1S/C26H35FN3O10P/c1-4-21(32)39-22-19(38-24(26(22,3)27)30-13-12-20(31)28-25(30)33)16-37-41(34,40-18-10-6-5-7-11-18)29-17(2)23-35-14-8-9-15-36-23/h5-7,10-13,17,19,22-24H,4,8-9,14-16H2,1-3H3,(H,29,34)(H,28,31,33)/t17-,19?,22?,24?,26?,41?/m0/s1. The molecule has 1 aromatic carbocycles. The van der Waals surface area contributed by atoms with E-state index in [4.69, 9.17) is 28.0 Å². The average Bonchev–Trinajstić information content (AvgIpc) is 3.10. The van der Waals surface area contributed by atoms with Crippen molar-refractivity contribution in [2.24, 2.45) is 0 Å². The number of halogens is 1. The van der Waals surface area contributed by atoms with Gasteiger partial charge in [0.15, 0.2) is 24.3 Å². The molecule has 41 heavy (non-hydrogen) atoms. The molecule has 0 aliphatic carbocycles. The third-order valence-corrected chi connectivity index (χ3v) is 8.25. The summed E-state index contributed by atoms with van der Waals surface area (Å²) < 4.78 is 65.3. The monoisotopic (exact) mass is 599 g/mol. The van der Waals surface area contributed by atoms with Crippen LogP contribution < -0.4 is 20.9 Å². The lowest BCUT2D eigenvalue weighted by atomic mass is 9.98. The van der Waals surface area contributed by atoms with Gasteiger partial charge >= 0.3 is 19.4 Å². The quantitative estimate of drug-likeness (QED) is 0.289. The van der Waals surface area contributed by atoms with Gasteiger partial charge in [-0.25, -0.2) is 18.8 Å². The molecule has 0 amide bonds. The minimum absolute atomic E-state index is 0.0561. The van der Waals surface area contributed by atoms with E-state index in [9.17, 15) is 18.9 Å². The summed E-state index contributed by atoms with van der Waals surface area (Å²) in [6.07, 6.45) is -2.57. The SMILES string of the molecule is CCC(=O)OC1C(COP(=O)(N[C@@H](C)C2OCCCCO2)Oc2ccccc2)OC(n2ccc(=O)[nH]c2=O)C1(C)F. The Kier molecular flexibility index (Phi) is 10.2. The highest BCUT2D eigenvalue weighted by atomic mass is 31.2. The Morgan fingerprint density at radius 2 is 1.90 bits per heavy atom. The smallest absolute Gasteiger partial charge is 0.456 e. The molecule has 0 saturated carbocycles. The maximum atomic E-state index is 16.3. The van der Waals surface area contributed by atoms with E-state index in [0.717, 1.165) is 36.6 Å². The lowest BCUT2D eigenvalue weighted by molar-refractivity contribution is -0.157. The molecule has 15 heteroatoms. The number of H-pyrrole nitrogens is 1. The number of hydrogen-bond donors (Lipinski definition) is 2. The zero-order chi connectivity index (χ0) is 29.6. The maximum Gasteiger partial charge on any atom is 0.459 e. The van der Waals surface area contributed by atoms with Gasteiger partial charge in [0, 0.05) is 31.9 Å². The zero-order valence-corrected chi connectivity index (χ0v) is 23.9. The number of aromatic amines is 1. The Bertz CT molecular complexity index is 1330. The third kappa shape index (κ3) is 7.70. The predicted octanol–water partition coefficient (Wildman–Crippen LogP) is 2.82. The van der Waals surface area contributed by atoms with E-state index in [2.05, 4.69) is 5.09 Å². The number of benzene rings is 1. The molecule has 2 aliphatic rings. The Morgan fingerprint density at radius 1 is 1.22 bits per heavy atom. The zero-order valence-electron chi connectivity index (χ0n) is 23.0. The summed E-state index contributed by atoms with van der Waals surface area (Å²) in [5.41, 5.74) is -4.06. The summed E-state index contributed by atoms with van der Waals surface area (Å²) in [4.78, 5) is 38.3. The van der Waals surface area contributed by atoms with Gasteiger partial charge in [0.05, 0.1) is 12.6 Å². The van der Waals surface area contributed by atoms with Crippen molar-refractivity contribution in [2.45, 2.75) is 76.5 Å². The number of rotatable bonds is 11. The minimum Gasteiger partial charge on any atom is -0.456 e. The second kappa shape index (κ2) is 13.4. The molecule has 0 radical (unpaired) electrons. The third-order valence-electron chi connectivity index (χ3n) is 6.58. The molecule has 3 heterocycles. The lowest BCUT2D eigenvalue weighted by Gasteiger charge is -2.29. The highest BCUT2D eigenvalue weighted by Gasteiger charge is 2.58. The number of nitrogens with one attached hydrogen (secondary N) is 2. The fourth-order valence-electron chi connectivity index (χ4n) is 4.50. The highest BCUT2D eigenvalue weighted by Crippen LogP contribution is 2.48. The number of esters is 1. The Morgan fingerprint density at radius 3 is 2.54 bits per heavy atom. The second-order valence-corrected chi connectivity index (χ2v) is 11.6. The van der Waals surface area contributed by atoms with E-state index >= 15 is 4.39 Å². The number of nitrogens with zero attached hydrogens (tertiary/aromatic N) is 1. The first kappa shape index (κ1) is 31.1. The Labute approximate surface area is 235 Å². The van der Waals surface area contributed by atoms with Crippen LogP contribution in [-0.4, -0.2) is 65.5 Å². The van der Waals surface area contributed by atoms with E-state index in [1.807, 2.05) is 4.98 Å². The van der Waals surface area contributed by atoms with Crippen molar-refractivity contribution in [3.8, 4) is 5.75 Å². The molecule has 2 fully saturated rings. The summed E-state index contributed by atoms with van der Waals surface area (Å²) in [7, 11) is -4.22. The number of carbonyl (C=O) groups excluding carboxylic acids is 1. The molecular weight excluding hydrogens is 564 g/mol. The first-order valence-corrected chi connectivity index (χ1v) is 14.9. The van der Waals surface area contributed by atoms with Crippen LogP contribution in [0.4, 0.5) is 4.39 Å². The van der Waals surface area contributed by atoms with Crippen LogP contribution in [0, 0.1) is 0 Å². The van der Waals surface area contributed by atoms with Crippen molar-refractivity contribution in [3.05, 3.63) is 63.4 Å². The van der Waals surface area contributed by atoms with Crippen molar-refractivity contribution in [1.82, 2.24) is 14.6 Å². The Hall–Kier alpha value is -2.87. The number of ether oxygens (including phenoxy) is 4. The van der Waals surface area contributed by atoms with Gasteiger partial charge in [-0.05, 0) is 38.8 Å². The molecule has 2 saturated heterocycles. The van der Waals surface area contributed by atoms with Crippen LogP contribution in [0.5, 0.6) is 5.75 Å². The van der Waals surface area contributed by atoms with Crippen LogP contribution in [0.3, 0.4) is 0 Å². The number of aromatic nitrogens is 2. The van der Waals surface area contributed by atoms with Crippen LogP contribution in [0.15, 0.2) is 52.2 Å². The van der Waals surface area contributed by atoms with Gasteiger partial charge in [0.2, 0.25) is 0 Å². The number of para-hydroxylation sites is 1. The molecule has 0 bridgehead atoms. The van der Waals surface area contributed by atoms with Crippen LogP contribution in [0.2, 0.25) is 0 Å². The largest absolute Gasteiger partial charge is 0.459 e. The number of hydrogen-bond acceptors (Lipinski definition) is 10. The normalized spacial score (nSPS) is 27.5. The molecule has 2 aliphatic heterocycles. The minimum atomic E-state index is -4.22. The van der Waals surface area contributed by atoms with Crippen molar-refractivity contribution in [2.75, 3.05) is 19.8 Å². The topological polar surface area (TPSA) is 156 Å². The van der Waals surface area contributed by atoms with Crippen molar-refractivity contribution in [3.63, 3.8) is 0 Å². The summed E-state index contributed by atoms with van der Waals surface area (Å²) in [5.74, 6) is -0.493.